The number of aryl methyl sites for hydroxylation is 1. The van der Waals surface area contributed by atoms with Crippen LogP contribution in [0.15, 0.2) is 32.9 Å². The first-order valence-electron chi connectivity index (χ1n) is 5.88. The van der Waals surface area contributed by atoms with Crippen LogP contribution in [0.2, 0.25) is 10.0 Å². The van der Waals surface area contributed by atoms with Gasteiger partial charge in [0, 0.05) is 18.5 Å². The van der Waals surface area contributed by atoms with Crippen molar-refractivity contribution in [3.63, 3.8) is 0 Å². The second-order valence-corrected chi connectivity index (χ2v) is 9.88. The van der Waals surface area contributed by atoms with Crippen LogP contribution in [-0.2, 0) is 16.6 Å². The van der Waals surface area contributed by atoms with E-state index >= 15 is 0 Å². The number of benzene rings is 1. The number of hydrogen-bond acceptors (Lipinski definition) is 3. The van der Waals surface area contributed by atoms with E-state index in [4.69, 9.17) is 23.2 Å². The van der Waals surface area contributed by atoms with Crippen molar-refractivity contribution in [2.45, 2.75) is 18.4 Å². The van der Waals surface area contributed by atoms with E-state index in [2.05, 4.69) is 15.9 Å². The third-order valence-electron chi connectivity index (χ3n) is 2.95. The fraction of sp³-hybridized carbons (Fsp3) is 0.231. The molecule has 1 aromatic carbocycles. The SMILES string of the molecule is Cc1sc(Br)cc1S(=O)(=O)N(C)Cc1cccc(Cl)c1Cl. The molecule has 2 aromatic rings. The van der Waals surface area contributed by atoms with Crippen LogP contribution in [-0.4, -0.2) is 19.8 Å². The first kappa shape index (κ1) is 17.2. The molecule has 0 bridgehead atoms. The molecule has 114 valence electrons. The Morgan fingerprint density at radius 2 is 2.00 bits per heavy atom. The average Bonchev–Trinajstić information content (AvgIpc) is 2.74. The summed E-state index contributed by atoms with van der Waals surface area (Å²) in [4.78, 5) is 1.05. The molecule has 0 aliphatic carbocycles. The minimum atomic E-state index is -3.56. The molecule has 1 aromatic heterocycles. The van der Waals surface area contributed by atoms with Gasteiger partial charge in [-0.2, -0.15) is 4.31 Å². The van der Waals surface area contributed by atoms with Crippen LogP contribution in [0.3, 0.4) is 0 Å². The molecule has 0 aliphatic heterocycles. The van der Waals surface area contributed by atoms with Crippen molar-refractivity contribution in [1.82, 2.24) is 4.31 Å². The van der Waals surface area contributed by atoms with Crippen LogP contribution >= 0.6 is 50.5 Å². The van der Waals surface area contributed by atoms with E-state index in [9.17, 15) is 8.42 Å². The Balaban J connectivity index is 2.33. The molecule has 0 aliphatic rings. The number of rotatable bonds is 4. The molecular weight excluding hydrogens is 417 g/mol. The number of sulfonamides is 1. The van der Waals surface area contributed by atoms with Crippen LogP contribution in [0.4, 0.5) is 0 Å². The fourth-order valence-electron chi connectivity index (χ4n) is 1.85. The molecule has 0 amide bonds. The summed E-state index contributed by atoms with van der Waals surface area (Å²) in [6, 6.07) is 6.79. The third-order valence-corrected chi connectivity index (χ3v) is 7.43. The highest BCUT2D eigenvalue weighted by Gasteiger charge is 2.25. The van der Waals surface area contributed by atoms with Crippen molar-refractivity contribution in [2.75, 3.05) is 7.05 Å². The first-order chi connectivity index (χ1) is 9.73. The van der Waals surface area contributed by atoms with Gasteiger partial charge in [0.15, 0.2) is 0 Å². The monoisotopic (exact) mass is 427 g/mol. The molecule has 3 nitrogen and oxygen atoms in total. The summed E-state index contributed by atoms with van der Waals surface area (Å²) >= 11 is 16.8. The largest absolute Gasteiger partial charge is 0.244 e. The average molecular weight is 429 g/mol. The molecule has 0 N–H and O–H groups in total. The zero-order valence-corrected chi connectivity index (χ0v) is 16.0. The number of hydrogen-bond donors (Lipinski definition) is 0. The van der Waals surface area contributed by atoms with E-state index in [1.165, 1.54) is 22.7 Å². The molecule has 0 saturated heterocycles. The summed E-state index contributed by atoms with van der Waals surface area (Å²) in [5.74, 6) is 0. The lowest BCUT2D eigenvalue weighted by molar-refractivity contribution is 0.466. The smallest absolute Gasteiger partial charge is 0.207 e. The van der Waals surface area contributed by atoms with Gasteiger partial charge in [-0.25, -0.2) is 8.42 Å². The maximum atomic E-state index is 12.6. The van der Waals surface area contributed by atoms with Crippen molar-refractivity contribution in [3.05, 3.63) is 48.5 Å². The standard InChI is InChI=1S/C13H12BrCl2NO2S2/c1-8-11(6-12(14)20-8)21(18,19)17(2)7-9-4-3-5-10(15)13(9)16/h3-6H,7H2,1-2H3. The Morgan fingerprint density at radius 1 is 1.33 bits per heavy atom. The summed E-state index contributed by atoms with van der Waals surface area (Å²) in [6.45, 7) is 1.94. The van der Waals surface area contributed by atoms with Gasteiger partial charge >= 0.3 is 0 Å². The van der Waals surface area contributed by atoms with Crippen LogP contribution in [0.1, 0.15) is 10.4 Å². The Morgan fingerprint density at radius 3 is 2.57 bits per heavy atom. The maximum absolute atomic E-state index is 12.6. The van der Waals surface area contributed by atoms with E-state index in [-0.39, 0.29) is 6.54 Å². The molecule has 0 spiro atoms. The van der Waals surface area contributed by atoms with Gasteiger partial charge in [-0.3, -0.25) is 0 Å². The predicted octanol–water partition coefficient (Wildman–Crippen LogP) is 4.95. The Bertz CT molecular complexity index is 774. The zero-order valence-electron chi connectivity index (χ0n) is 11.2. The van der Waals surface area contributed by atoms with Gasteiger partial charge in [-0.15, -0.1) is 11.3 Å². The maximum Gasteiger partial charge on any atom is 0.244 e. The summed E-state index contributed by atoms with van der Waals surface area (Å²) in [5, 5.41) is 0.791. The van der Waals surface area contributed by atoms with Crippen LogP contribution in [0.5, 0.6) is 0 Å². The lowest BCUT2D eigenvalue weighted by atomic mass is 10.2. The van der Waals surface area contributed by atoms with Crippen molar-refractivity contribution in [2.24, 2.45) is 0 Å². The molecular formula is C13H12BrCl2NO2S2. The van der Waals surface area contributed by atoms with Crippen LogP contribution in [0.25, 0.3) is 0 Å². The highest BCUT2D eigenvalue weighted by molar-refractivity contribution is 9.11. The van der Waals surface area contributed by atoms with E-state index in [0.29, 0.717) is 20.5 Å². The summed E-state index contributed by atoms with van der Waals surface area (Å²) in [7, 11) is -2.04. The number of nitrogens with zero attached hydrogens (tertiary/aromatic N) is 1. The second kappa shape index (κ2) is 6.56. The van der Waals surface area contributed by atoms with Gasteiger partial charge in [0.05, 0.1) is 18.7 Å². The van der Waals surface area contributed by atoms with Crippen molar-refractivity contribution in [3.8, 4) is 0 Å². The number of halogens is 3. The minimum Gasteiger partial charge on any atom is -0.207 e. The summed E-state index contributed by atoms with van der Waals surface area (Å²) in [5.41, 5.74) is 0.669. The van der Waals surface area contributed by atoms with Gasteiger partial charge in [0.1, 0.15) is 0 Å². The second-order valence-electron chi connectivity index (χ2n) is 4.44. The lowest BCUT2D eigenvalue weighted by Crippen LogP contribution is -2.26. The zero-order chi connectivity index (χ0) is 15.8. The molecule has 8 heteroatoms. The molecule has 0 radical (unpaired) electrons. The van der Waals surface area contributed by atoms with E-state index in [1.807, 2.05) is 0 Å². The first-order valence-corrected chi connectivity index (χ1v) is 9.69. The molecule has 2 rings (SSSR count). The fourth-order valence-corrected chi connectivity index (χ4v) is 5.76. The molecule has 21 heavy (non-hydrogen) atoms. The van der Waals surface area contributed by atoms with E-state index < -0.39 is 10.0 Å². The van der Waals surface area contributed by atoms with Crippen molar-refractivity contribution < 1.29 is 8.42 Å². The van der Waals surface area contributed by atoms with Crippen LogP contribution < -0.4 is 0 Å². The Hall–Kier alpha value is -0.110. The van der Waals surface area contributed by atoms with Gasteiger partial charge in [0.25, 0.3) is 0 Å². The molecule has 0 unspecified atom stereocenters. The lowest BCUT2D eigenvalue weighted by Gasteiger charge is -2.18. The van der Waals surface area contributed by atoms with Crippen molar-refractivity contribution >= 4 is 60.5 Å². The molecule has 0 saturated carbocycles. The molecule has 0 atom stereocenters. The highest BCUT2D eigenvalue weighted by Crippen LogP contribution is 2.32. The van der Waals surface area contributed by atoms with Crippen LogP contribution in [0, 0.1) is 6.92 Å². The Labute approximate surface area is 146 Å². The predicted molar refractivity (Wildman–Crippen MR) is 91.9 cm³/mol. The Kier molecular flexibility index (Phi) is 5.39. The van der Waals surface area contributed by atoms with Gasteiger partial charge in [0.2, 0.25) is 10.0 Å². The van der Waals surface area contributed by atoms with Gasteiger partial charge in [-0.1, -0.05) is 35.3 Å². The summed E-state index contributed by atoms with van der Waals surface area (Å²) < 4.78 is 27.3. The topological polar surface area (TPSA) is 37.4 Å². The van der Waals surface area contributed by atoms with Crippen molar-refractivity contribution in [1.29, 1.82) is 0 Å². The summed E-state index contributed by atoms with van der Waals surface area (Å²) in [6.07, 6.45) is 0. The minimum absolute atomic E-state index is 0.161. The van der Waals surface area contributed by atoms with Gasteiger partial charge < -0.3 is 0 Å². The molecule has 1 heterocycles. The van der Waals surface area contributed by atoms with Gasteiger partial charge in [-0.05, 0) is 40.5 Å². The normalized spacial score (nSPS) is 12.1. The molecule has 0 fully saturated rings. The quantitative estimate of drug-likeness (QED) is 0.690. The third kappa shape index (κ3) is 3.63. The number of thiophene rings is 1. The van der Waals surface area contributed by atoms with E-state index in [1.54, 1.807) is 31.2 Å². The van der Waals surface area contributed by atoms with E-state index in [0.717, 1.165) is 8.66 Å². The highest BCUT2D eigenvalue weighted by atomic mass is 79.9.